The molecule has 4 aromatic heterocycles. The van der Waals surface area contributed by atoms with E-state index in [1.165, 1.54) is 92.4 Å². The van der Waals surface area contributed by atoms with Crippen molar-refractivity contribution in [1.29, 1.82) is 0 Å². The van der Waals surface area contributed by atoms with Crippen molar-refractivity contribution in [1.82, 2.24) is 14.1 Å². The second-order valence-corrected chi connectivity index (χ2v) is 39.3. The van der Waals surface area contributed by atoms with E-state index in [2.05, 4.69) is 349 Å². The van der Waals surface area contributed by atoms with Crippen molar-refractivity contribution < 1.29 is 14.0 Å². The van der Waals surface area contributed by atoms with Crippen molar-refractivity contribution >= 4 is 196 Å². The first-order valence-corrected chi connectivity index (χ1v) is 51.6. The second kappa shape index (κ2) is 36.7. The minimum atomic E-state index is -0.371. The van der Waals surface area contributed by atoms with Crippen LogP contribution in [0.1, 0.15) is 34.6 Å². The van der Waals surface area contributed by atoms with Gasteiger partial charge in [-0.15, -0.1) is 11.3 Å². The number of aromatic nitrogens is 3. The van der Waals surface area contributed by atoms with Gasteiger partial charge in [0.1, 0.15) is 10.6 Å². The Morgan fingerprint density at radius 2 is 0.560 bits per heavy atom. The molecule has 1 aliphatic rings. The molecule has 0 radical (unpaired) electrons. The van der Waals surface area contributed by atoms with Crippen LogP contribution in [0.2, 0.25) is 0 Å². The zero-order chi connectivity index (χ0) is 100. The Morgan fingerprint density at radius 1 is 0.247 bits per heavy atom. The maximum atomic E-state index is 15.0. The molecule has 0 N–H and O–H groups in total. The number of hydrogen-bond donors (Lipinski definition) is 0. The molecule has 150 heavy (non-hydrogen) atoms. The zero-order valence-electron chi connectivity index (χ0n) is 81.6. The Hall–Kier alpha value is -19.4. The summed E-state index contributed by atoms with van der Waals surface area (Å²) in [5, 5.41) is 24.0. The molecule has 28 aromatic rings. The van der Waals surface area contributed by atoms with Crippen molar-refractivity contribution in [3.05, 3.63) is 521 Å². The molecule has 0 saturated carbocycles. The van der Waals surface area contributed by atoms with Crippen LogP contribution in [0, 0.1) is 0 Å². The van der Waals surface area contributed by atoms with Crippen LogP contribution < -0.4 is 26.3 Å². The summed E-state index contributed by atoms with van der Waals surface area (Å²) in [6.07, 6.45) is 0. The summed E-state index contributed by atoms with van der Waals surface area (Å²) in [6, 6.07) is 164. The van der Waals surface area contributed by atoms with Crippen molar-refractivity contribution in [2.24, 2.45) is 0 Å². The molecule has 0 spiro atoms. The third-order valence-electron chi connectivity index (χ3n) is 30.3. The number of anilines is 2. The Kier molecular flexibility index (Phi) is 21.9. The van der Waals surface area contributed by atoms with E-state index < -0.39 is 0 Å². The zero-order valence-corrected chi connectivity index (χ0v) is 82.4. The second-order valence-electron chi connectivity index (χ2n) is 38.3. The molecule has 1 aliphatic heterocycles. The summed E-state index contributed by atoms with van der Waals surface area (Å²) < 4.78 is 11.4. The highest BCUT2D eigenvalue weighted by atomic mass is 32.1. The predicted molar refractivity (Wildman–Crippen MR) is 627 cm³/mol. The number of nitrogens with zero attached hydrogens (tertiary/aromatic N) is 5. The van der Waals surface area contributed by atoms with Crippen LogP contribution in [-0.2, 0) is 0 Å². The number of fused-ring (bicyclic) bond motifs is 14. The summed E-state index contributed by atoms with van der Waals surface area (Å²) in [6.45, 7) is 5.97. The van der Waals surface area contributed by atoms with Crippen LogP contribution in [0.25, 0.3) is 250 Å². The molecule has 2 amide bonds. The van der Waals surface area contributed by atoms with Crippen LogP contribution >= 0.6 is 11.3 Å². The first-order chi connectivity index (χ1) is 73.9. The lowest BCUT2D eigenvalue weighted by molar-refractivity contribution is 0.0893. The average molecular weight is 1950 g/mol. The monoisotopic (exact) mass is 1940 g/mol. The minimum Gasteiger partial charge on any atom is -0.422 e. The van der Waals surface area contributed by atoms with Crippen LogP contribution in [-0.4, -0.2) is 39.0 Å². The molecule has 0 saturated heterocycles. The van der Waals surface area contributed by atoms with Gasteiger partial charge in [0.15, 0.2) is 10.9 Å². The highest BCUT2D eigenvalue weighted by molar-refractivity contribution is 7.21. The number of benzene rings is 24. The van der Waals surface area contributed by atoms with Crippen molar-refractivity contribution in [3.8, 4) is 88.7 Å². The lowest BCUT2D eigenvalue weighted by Crippen LogP contribution is -2.40. The molecular weight excluding hydrogens is 1860 g/mol. The van der Waals surface area contributed by atoms with Crippen LogP contribution in [0.4, 0.5) is 11.4 Å². The van der Waals surface area contributed by atoms with Gasteiger partial charge in [0, 0.05) is 84.6 Å². The molecular formula is C138H89N5O6S. The smallest absolute Gasteiger partial charge is 0.346 e. The van der Waals surface area contributed by atoms with E-state index in [9.17, 15) is 24.0 Å². The number of pyridine rings is 2. The van der Waals surface area contributed by atoms with Gasteiger partial charge in [-0.05, 0) is 253 Å². The summed E-state index contributed by atoms with van der Waals surface area (Å²) in [4.78, 5) is 79.0. The molecule has 0 aliphatic carbocycles. The number of hydrogen-bond acceptors (Lipinski definition) is 9. The highest BCUT2D eigenvalue weighted by Gasteiger charge is 2.36. The Labute approximate surface area is 864 Å². The van der Waals surface area contributed by atoms with E-state index in [0.29, 0.717) is 65.5 Å². The molecule has 11 nitrogen and oxygen atoms in total. The van der Waals surface area contributed by atoms with E-state index >= 15 is 0 Å². The molecule has 0 fully saturated rings. The molecule has 0 atom stereocenters. The van der Waals surface area contributed by atoms with Crippen molar-refractivity contribution in [2.45, 2.75) is 13.8 Å². The molecule has 0 unspecified atom stereocenters. The number of imide groups is 1. The number of carbonyl (C=O) groups excluding carboxylic acids is 2. The lowest BCUT2D eigenvalue weighted by Gasteiger charge is -2.28. The molecule has 29 rings (SSSR count). The van der Waals surface area contributed by atoms with Gasteiger partial charge >= 0.3 is 5.63 Å². The van der Waals surface area contributed by atoms with Gasteiger partial charge in [0.2, 0.25) is 0 Å². The predicted octanol–water partition coefficient (Wildman–Crippen LogP) is 34.4. The van der Waals surface area contributed by atoms with Crippen molar-refractivity contribution in [3.63, 3.8) is 0 Å². The van der Waals surface area contributed by atoms with E-state index in [4.69, 9.17) is 9.40 Å². The quantitative estimate of drug-likeness (QED) is 0.0634. The van der Waals surface area contributed by atoms with Crippen LogP contribution in [0.5, 0.6) is 0 Å². The fourth-order valence-electron chi connectivity index (χ4n) is 23.4. The Morgan fingerprint density at radius 3 is 0.993 bits per heavy atom. The topological polar surface area (TPSA) is 128 Å². The maximum Gasteiger partial charge on any atom is 0.346 e. The van der Waals surface area contributed by atoms with Gasteiger partial charge in [-0.25, -0.2) is 14.7 Å². The number of rotatable bonds is 13. The average Bonchev–Trinajstić information content (AvgIpc) is 0.787. The fraction of sp³-hybridized carbons (Fsp3) is 0.0290. The van der Waals surface area contributed by atoms with Gasteiger partial charge < -0.3 is 18.5 Å². The molecule has 24 aromatic carbocycles. The summed E-state index contributed by atoms with van der Waals surface area (Å²) in [5.74, 6) is -0.597. The highest BCUT2D eigenvalue weighted by Crippen LogP contribution is 2.49. The van der Waals surface area contributed by atoms with Gasteiger partial charge in [-0.3, -0.25) is 19.2 Å². The number of thiazole rings is 1. The third kappa shape index (κ3) is 14.8. The van der Waals surface area contributed by atoms with E-state index in [-0.39, 0.29) is 28.3 Å². The lowest BCUT2D eigenvalue weighted by atomic mass is 9.86. The first-order valence-electron chi connectivity index (χ1n) is 50.7. The minimum absolute atomic E-state index is 0.0799. The Bertz CT molecular complexity index is 10400. The molecule has 12 heteroatoms. The number of amides is 2. The van der Waals surface area contributed by atoms with Crippen LogP contribution in [0.15, 0.2) is 498 Å². The molecule has 708 valence electrons. The normalized spacial score (nSPS) is 12.1. The molecule has 0 bridgehead atoms. The summed E-state index contributed by atoms with van der Waals surface area (Å²) >= 11 is 1.51. The van der Waals surface area contributed by atoms with E-state index in [1.54, 1.807) is 12.1 Å². The van der Waals surface area contributed by atoms with Gasteiger partial charge in [0.25, 0.3) is 11.8 Å². The number of carbonyl (C=O) groups is 2. The maximum absolute atomic E-state index is 15.0. The Balaban J connectivity index is 0.000000114. The van der Waals surface area contributed by atoms with E-state index in [1.807, 2.05) is 146 Å². The first kappa shape index (κ1) is 89.4. The summed E-state index contributed by atoms with van der Waals surface area (Å²) in [7, 11) is 0. The largest absolute Gasteiger partial charge is 0.422 e. The molecule has 5 heterocycles. The van der Waals surface area contributed by atoms with E-state index in [0.717, 1.165) is 144 Å². The standard InChI is InChI=1S/C60H36N2O2.C40H30N2O2S.C38H23NO2/c63-59-49-25-9-11-29-53(49)61(55-33-31-45(43-21-5-7-23-47(43)55)41-27-13-17-37-15-1-3-19-39(37)41)57-35-52-58(36-51(57)59)62(54-30-12-10-26-50(54)60(52)64)56-34-32-46(44-22-6-8-24-48(44)56)42-28-14-18-38-16-2-4-20-40(38)42;1-3-42(4-2)36-24-37-26(23-34(40(43)44-37)39-41-35-18-9-10-19-38(35)45-39)22-33(36)32-21-20-31(29-15-7-8-16-30(29)32)28-17-11-13-25-12-5-6-14-27(25)28;40-37-34-19-9-18-33-32(22-23-35(36(33)34)38(41)39(37)25-12-2-1-3-13-25)31-21-20-30(28-15-6-7-16-29(28)31)27-17-8-11-24-10-4-5-14-26(24)27/h1-36H;5-24H,3-4H2,1-2H3;1-23H. The van der Waals surface area contributed by atoms with Gasteiger partial charge in [-0.2, -0.15) is 0 Å². The third-order valence-corrected chi connectivity index (χ3v) is 31.4. The SMILES string of the molecule is CCN(CC)c1cc2oc(=O)c(-c3nc4ccccc4s3)cc2cc1-c1ccc(-c2cccc3ccccc23)c2ccccc12.O=C1c2cccc3c(-c4ccc(-c5cccc6ccccc56)c5ccccc45)ccc(c23)C(=O)N1c1ccccc1.O=c1c2ccccc2n(-c2ccc(-c3cccc4ccccc34)c3ccccc23)c2cc3c(=O)c4ccccc4n(-c4ccc(-c5cccc6ccccc56)c5ccccc45)c3cc12. The summed E-state index contributed by atoms with van der Waals surface area (Å²) in [5.41, 5.74) is 22.6. The van der Waals surface area contributed by atoms with Gasteiger partial charge in [-0.1, -0.05) is 376 Å². The fourth-order valence-corrected chi connectivity index (χ4v) is 24.4. The van der Waals surface area contributed by atoms with Crippen LogP contribution in [0.3, 0.4) is 0 Å². The number of para-hydroxylation sites is 4. The van der Waals surface area contributed by atoms with Gasteiger partial charge in [0.05, 0.1) is 54.9 Å². The van der Waals surface area contributed by atoms with Crippen molar-refractivity contribution in [2.75, 3.05) is 22.9 Å².